The summed E-state index contributed by atoms with van der Waals surface area (Å²) in [6, 6.07) is 7.09. The summed E-state index contributed by atoms with van der Waals surface area (Å²) >= 11 is 0. The minimum atomic E-state index is -0.513. The number of para-hydroxylation sites is 1. The Hall–Kier alpha value is -2.70. The number of aliphatic imine (C=N–C) groups is 1. The van der Waals surface area contributed by atoms with Gasteiger partial charge in [-0.3, -0.25) is 10.1 Å². The maximum atomic E-state index is 11.1. The first-order valence-corrected chi connectivity index (χ1v) is 5.54. The minimum Gasteiger partial charge on any atom is -0.370 e. The largest absolute Gasteiger partial charge is 0.370 e. The Morgan fingerprint density at radius 3 is 2.74 bits per heavy atom. The Kier molecular flexibility index (Phi) is 3.28. The molecule has 1 aromatic heterocycles. The van der Waals surface area contributed by atoms with Crippen molar-refractivity contribution in [1.82, 2.24) is 9.88 Å². The highest BCUT2D eigenvalue weighted by Crippen LogP contribution is 2.33. The predicted molar refractivity (Wildman–Crippen MR) is 73.4 cm³/mol. The Morgan fingerprint density at radius 1 is 1.42 bits per heavy atom. The predicted octanol–water partition coefficient (Wildman–Crippen LogP) is 1.65. The fourth-order valence-electron chi connectivity index (χ4n) is 1.58. The maximum absolute atomic E-state index is 11.1. The van der Waals surface area contributed by atoms with E-state index in [0.29, 0.717) is 10.9 Å². The lowest BCUT2D eigenvalue weighted by Gasteiger charge is -2.11. The molecule has 0 aliphatic rings. The molecule has 0 aliphatic carbocycles. The molecule has 0 spiro atoms. The van der Waals surface area contributed by atoms with Crippen LogP contribution in [0.15, 0.2) is 35.5 Å². The van der Waals surface area contributed by atoms with E-state index >= 15 is 0 Å². The zero-order chi connectivity index (χ0) is 14.0. The Labute approximate surface area is 109 Å². The number of nitro groups is 1. The van der Waals surface area contributed by atoms with Gasteiger partial charge in [0, 0.05) is 19.5 Å². The summed E-state index contributed by atoms with van der Waals surface area (Å²) < 4.78 is 0. The molecule has 19 heavy (non-hydrogen) atoms. The Morgan fingerprint density at radius 2 is 2.11 bits per heavy atom. The monoisotopic (exact) mass is 259 g/mol. The number of hydrogen-bond donors (Lipinski definition) is 1. The second-order valence-corrected chi connectivity index (χ2v) is 4.13. The summed E-state index contributed by atoms with van der Waals surface area (Å²) in [5.74, 6) is 0.194. The van der Waals surface area contributed by atoms with Crippen molar-refractivity contribution in [2.24, 2.45) is 10.7 Å². The van der Waals surface area contributed by atoms with Gasteiger partial charge in [0.15, 0.2) is 11.6 Å². The molecule has 2 aromatic rings. The van der Waals surface area contributed by atoms with Crippen LogP contribution in [0.5, 0.6) is 0 Å². The topological polar surface area (TPSA) is 97.6 Å². The lowest BCUT2D eigenvalue weighted by molar-refractivity contribution is -0.384. The molecular formula is C12H13N5O2. The van der Waals surface area contributed by atoms with E-state index in [0.717, 1.165) is 0 Å². The molecule has 0 atom stereocenters. The molecule has 0 radical (unpaired) electrons. The smallest absolute Gasteiger partial charge is 0.313 e. The van der Waals surface area contributed by atoms with Crippen LogP contribution >= 0.6 is 0 Å². The van der Waals surface area contributed by atoms with Gasteiger partial charge in [0.25, 0.3) is 0 Å². The van der Waals surface area contributed by atoms with Gasteiger partial charge in [-0.25, -0.2) is 9.98 Å². The van der Waals surface area contributed by atoms with Crippen LogP contribution in [0, 0.1) is 10.1 Å². The molecule has 7 heteroatoms. The Bertz CT molecular complexity index is 666. The van der Waals surface area contributed by atoms with Crippen molar-refractivity contribution >= 4 is 28.2 Å². The van der Waals surface area contributed by atoms with Gasteiger partial charge in [-0.15, -0.1) is 0 Å². The van der Waals surface area contributed by atoms with Crippen molar-refractivity contribution in [3.8, 4) is 0 Å². The van der Waals surface area contributed by atoms with Gasteiger partial charge < -0.3 is 10.6 Å². The van der Waals surface area contributed by atoms with Gasteiger partial charge in [-0.2, -0.15) is 0 Å². The molecule has 2 N–H and O–H groups in total. The lowest BCUT2D eigenvalue weighted by atomic mass is 10.1. The molecule has 2 rings (SSSR count). The first-order chi connectivity index (χ1) is 9.00. The highest BCUT2D eigenvalue weighted by molar-refractivity contribution is 5.97. The van der Waals surface area contributed by atoms with Gasteiger partial charge in [0.1, 0.15) is 6.20 Å². The van der Waals surface area contributed by atoms with Crippen molar-refractivity contribution in [3.63, 3.8) is 0 Å². The van der Waals surface area contributed by atoms with E-state index in [-0.39, 0.29) is 17.3 Å². The summed E-state index contributed by atoms with van der Waals surface area (Å²) in [5, 5.41) is 11.7. The number of guanidine groups is 1. The molecule has 0 unspecified atom stereocenters. The molecule has 1 heterocycles. The number of rotatable bonds is 2. The summed E-state index contributed by atoms with van der Waals surface area (Å²) in [6.45, 7) is 0. The van der Waals surface area contributed by atoms with Crippen LogP contribution < -0.4 is 5.73 Å². The molecule has 0 amide bonds. The van der Waals surface area contributed by atoms with Crippen LogP contribution in [0.2, 0.25) is 0 Å². The van der Waals surface area contributed by atoms with Crippen molar-refractivity contribution in [1.29, 1.82) is 0 Å². The van der Waals surface area contributed by atoms with Gasteiger partial charge in [0.2, 0.25) is 0 Å². The molecule has 98 valence electrons. The van der Waals surface area contributed by atoms with Crippen LogP contribution in [-0.4, -0.2) is 34.9 Å². The highest BCUT2D eigenvalue weighted by atomic mass is 16.6. The first kappa shape index (κ1) is 12.7. The van der Waals surface area contributed by atoms with Crippen molar-refractivity contribution in [2.45, 2.75) is 0 Å². The standard InChI is InChI=1S/C12H13N5O2/c1-16(2)12(13)15-11-8-5-3-4-6-9(8)14-7-10(11)17(18)19/h3-7H,1-2H3,(H2,13,14,15). The van der Waals surface area contributed by atoms with E-state index in [2.05, 4.69) is 9.98 Å². The van der Waals surface area contributed by atoms with Gasteiger partial charge in [-0.1, -0.05) is 18.2 Å². The highest BCUT2D eigenvalue weighted by Gasteiger charge is 2.18. The number of nitrogens with two attached hydrogens (primary N) is 1. The first-order valence-electron chi connectivity index (χ1n) is 5.54. The quantitative estimate of drug-likeness (QED) is 0.382. The number of hydrogen-bond acceptors (Lipinski definition) is 4. The van der Waals surface area contributed by atoms with E-state index in [1.54, 1.807) is 37.2 Å². The van der Waals surface area contributed by atoms with Crippen LogP contribution in [0.25, 0.3) is 10.9 Å². The number of benzene rings is 1. The third-order valence-corrected chi connectivity index (χ3v) is 2.61. The van der Waals surface area contributed by atoms with E-state index in [4.69, 9.17) is 5.73 Å². The molecule has 0 saturated heterocycles. The second-order valence-electron chi connectivity index (χ2n) is 4.13. The third-order valence-electron chi connectivity index (χ3n) is 2.61. The summed E-state index contributed by atoms with van der Waals surface area (Å²) in [7, 11) is 3.43. The SMILES string of the molecule is CN(C)C(N)=Nc1c([N+](=O)[O-])cnc2ccccc12. The third kappa shape index (κ3) is 2.44. The zero-order valence-corrected chi connectivity index (χ0v) is 10.6. The van der Waals surface area contributed by atoms with E-state index < -0.39 is 4.92 Å². The maximum Gasteiger partial charge on any atom is 0.313 e. The summed E-state index contributed by atoms with van der Waals surface area (Å²) in [4.78, 5) is 20.3. The van der Waals surface area contributed by atoms with Crippen molar-refractivity contribution in [3.05, 3.63) is 40.6 Å². The average molecular weight is 259 g/mol. The summed E-state index contributed by atoms with van der Waals surface area (Å²) in [5.41, 5.74) is 6.44. The normalized spacial score (nSPS) is 11.6. The molecule has 0 fully saturated rings. The van der Waals surface area contributed by atoms with Gasteiger partial charge >= 0.3 is 5.69 Å². The molecule has 0 bridgehead atoms. The molecule has 0 saturated carbocycles. The minimum absolute atomic E-state index is 0.163. The van der Waals surface area contributed by atoms with E-state index in [1.807, 2.05) is 6.07 Å². The lowest BCUT2D eigenvalue weighted by Crippen LogP contribution is -2.29. The Balaban J connectivity index is 2.76. The molecular weight excluding hydrogens is 246 g/mol. The van der Waals surface area contributed by atoms with Crippen LogP contribution in [0.1, 0.15) is 0 Å². The zero-order valence-electron chi connectivity index (χ0n) is 10.6. The fourth-order valence-corrected chi connectivity index (χ4v) is 1.58. The van der Waals surface area contributed by atoms with Crippen LogP contribution in [0.4, 0.5) is 11.4 Å². The number of pyridine rings is 1. The van der Waals surface area contributed by atoms with Gasteiger partial charge in [0.05, 0.1) is 10.4 Å². The van der Waals surface area contributed by atoms with Crippen molar-refractivity contribution < 1.29 is 4.92 Å². The van der Waals surface area contributed by atoms with Crippen LogP contribution in [-0.2, 0) is 0 Å². The summed E-state index contributed by atoms with van der Waals surface area (Å²) in [6.07, 6.45) is 1.20. The fraction of sp³-hybridized carbons (Fsp3) is 0.167. The van der Waals surface area contributed by atoms with Crippen molar-refractivity contribution in [2.75, 3.05) is 14.1 Å². The molecule has 0 aliphatic heterocycles. The van der Waals surface area contributed by atoms with Gasteiger partial charge in [-0.05, 0) is 6.07 Å². The number of nitrogens with zero attached hydrogens (tertiary/aromatic N) is 4. The molecule has 7 nitrogen and oxygen atoms in total. The number of fused-ring (bicyclic) bond motifs is 1. The number of aromatic nitrogens is 1. The second kappa shape index (κ2) is 4.89. The van der Waals surface area contributed by atoms with E-state index in [1.165, 1.54) is 6.20 Å². The molecule has 1 aromatic carbocycles. The van der Waals surface area contributed by atoms with E-state index in [9.17, 15) is 10.1 Å². The average Bonchev–Trinajstić information content (AvgIpc) is 2.38. The van der Waals surface area contributed by atoms with Crippen LogP contribution in [0.3, 0.4) is 0 Å².